The van der Waals surface area contributed by atoms with Gasteiger partial charge in [-0.1, -0.05) is 30.3 Å². The number of amides is 1. The highest BCUT2D eigenvalue weighted by atomic mass is 32.2. The van der Waals surface area contributed by atoms with Gasteiger partial charge in [0, 0.05) is 25.2 Å². The summed E-state index contributed by atoms with van der Waals surface area (Å²) in [5.74, 6) is -0.103. The Morgan fingerprint density at radius 2 is 1.65 bits per heavy atom. The third-order valence-corrected chi connectivity index (χ3v) is 5.74. The molecule has 0 unspecified atom stereocenters. The maximum absolute atomic E-state index is 12.4. The second-order valence-corrected chi connectivity index (χ2v) is 7.83. The van der Waals surface area contributed by atoms with Crippen LogP contribution in [-0.2, 0) is 21.2 Å². The number of hydrogen-bond donors (Lipinski definition) is 1. The van der Waals surface area contributed by atoms with Crippen molar-refractivity contribution in [2.24, 2.45) is 0 Å². The standard InChI is InChI=1S/C19H22N2O4S/c22-19(21-12-14-25-15-13-21)17-6-8-18(9-7-17)26(23,24)20-11-10-16-4-2-1-3-5-16/h1-9,20H,10-15H2. The summed E-state index contributed by atoms with van der Waals surface area (Å²) in [7, 11) is -3.59. The monoisotopic (exact) mass is 374 g/mol. The predicted octanol–water partition coefficient (Wildman–Crippen LogP) is 1.68. The van der Waals surface area contributed by atoms with E-state index >= 15 is 0 Å². The van der Waals surface area contributed by atoms with Crippen molar-refractivity contribution in [2.45, 2.75) is 11.3 Å². The number of sulfonamides is 1. The number of rotatable bonds is 6. The van der Waals surface area contributed by atoms with Crippen LogP contribution in [0.5, 0.6) is 0 Å². The predicted molar refractivity (Wildman–Crippen MR) is 98.5 cm³/mol. The van der Waals surface area contributed by atoms with E-state index in [-0.39, 0.29) is 10.8 Å². The highest BCUT2D eigenvalue weighted by molar-refractivity contribution is 7.89. The third kappa shape index (κ3) is 4.69. The van der Waals surface area contributed by atoms with E-state index in [1.54, 1.807) is 17.0 Å². The van der Waals surface area contributed by atoms with Gasteiger partial charge in [0.15, 0.2) is 0 Å². The lowest BCUT2D eigenvalue weighted by molar-refractivity contribution is 0.0303. The number of carbonyl (C=O) groups is 1. The van der Waals surface area contributed by atoms with Crippen molar-refractivity contribution < 1.29 is 17.9 Å². The molecule has 0 aromatic heterocycles. The minimum Gasteiger partial charge on any atom is -0.378 e. The van der Waals surface area contributed by atoms with Gasteiger partial charge in [0.25, 0.3) is 5.91 Å². The SMILES string of the molecule is O=C(c1ccc(S(=O)(=O)NCCc2ccccc2)cc1)N1CCOCC1. The zero-order chi connectivity index (χ0) is 18.4. The second kappa shape index (κ2) is 8.44. The quantitative estimate of drug-likeness (QED) is 0.835. The number of nitrogens with one attached hydrogen (secondary N) is 1. The first-order chi connectivity index (χ1) is 12.6. The molecule has 1 N–H and O–H groups in total. The molecule has 1 saturated heterocycles. The van der Waals surface area contributed by atoms with Gasteiger partial charge in [-0.3, -0.25) is 4.79 Å². The number of benzene rings is 2. The fourth-order valence-electron chi connectivity index (χ4n) is 2.78. The summed E-state index contributed by atoms with van der Waals surface area (Å²) < 4.78 is 32.6. The van der Waals surface area contributed by atoms with Crippen LogP contribution in [0.3, 0.4) is 0 Å². The molecule has 0 bridgehead atoms. The zero-order valence-electron chi connectivity index (χ0n) is 14.4. The summed E-state index contributed by atoms with van der Waals surface area (Å²) in [4.78, 5) is 14.3. The summed E-state index contributed by atoms with van der Waals surface area (Å²) in [5.41, 5.74) is 1.55. The summed E-state index contributed by atoms with van der Waals surface area (Å²) in [6, 6.07) is 15.8. The number of carbonyl (C=O) groups excluding carboxylic acids is 1. The van der Waals surface area contributed by atoms with E-state index in [0.717, 1.165) is 5.56 Å². The van der Waals surface area contributed by atoms with E-state index in [1.807, 2.05) is 30.3 Å². The molecular weight excluding hydrogens is 352 g/mol. The summed E-state index contributed by atoms with van der Waals surface area (Å²) in [6.07, 6.45) is 0.619. The summed E-state index contributed by atoms with van der Waals surface area (Å²) >= 11 is 0. The largest absolute Gasteiger partial charge is 0.378 e. The Labute approximate surface area is 153 Å². The normalized spacial score (nSPS) is 15.0. The van der Waals surface area contributed by atoms with Crippen molar-refractivity contribution in [1.82, 2.24) is 9.62 Å². The van der Waals surface area contributed by atoms with Crippen molar-refractivity contribution in [2.75, 3.05) is 32.8 Å². The Balaban J connectivity index is 1.60. The molecule has 0 atom stereocenters. The van der Waals surface area contributed by atoms with Crippen LogP contribution in [0.4, 0.5) is 0 Å². The molecule has 7 heteroatoms. The van der Waals surface area contributed by atoms with E-state index in [1.165, 1.54) is 12.1 Å². The molecule has 0 radical (unpaired) electrons. The fraction of sp³-hybridized carbons (Fsp3) is 0.316. The van der Waals surface area contributed by atoms with E-state index in [0.29, 0.717) is 44.8 Å². The molecular formula is C19H22N2O4S. The van der Waals surface area contributed by atoms with Crippen LogP contribution in [0, 0.1) is 0 Å². The smallest absolute Gasteiger partial charge is 0.254 e. The Morgan fingerprint density at radius 1 is 1.00 bits per heavy atom. The molecule has 3 rings (SSSR count). The molecule has 1 fully saturated rings. The van der Waals surface area contributed by atoms with E-state index in [9.17, 15) is 13.2 Å². The van der Waals surface area contributed by atoms with E-state index < -0.39 is 10.0 Å². The average molecular weight is 374 g/mol. The number of morpholine rings is 1. The van der Waals surface area contributed by atoms with E-state index in [4.69, 9.17) is 4.74 Å². The van der Waals surface area contributed by atoms with Crippen LogP contribution in [0.1, 0.15) is 15.9 Å². The highest BCUT2D eigenvalue weighted by Gasteiger charge is 2.19. The molecule has 0 spiro atoms. The van der Waals surface area contributed by atoms with E-state index in [2.05, 4.69) is 4.72 Å². The average Bonchev–Trinajstić information content (AvgIpc) is 2.69. The van der Waals surface area contributed by atoms with Crippen molar-refractivity contribution in [1.29, 1.82) is 0 Å². The molecule has 6 nitrogen and oxygen atoms in total. The first kappa shape index (κ1) is 18.6. The van der Waals surface area contributed by atoms with Crippen LogP contribution < -0.4 is 4.72 Å². The summed E-state index contributed by atoms with van der Waals surface area (Å²) in [5, 5.41) is 0. The van der Waals surface area contributed by atoms with Gasteiger partial charge in [-0.25, -0.2) is 13.1 Å². The molecule has 0 aliphatic carbocycles. The van der Waals surface area contributed by atoms with Crippen LogP contribution in [0.15, 0.2) is 59.5 Å². The lowest BCUT2D eigenvalue weighted by atomic mass is 10.2. The lowest BCUT2D eigenvalue weighted by Crippen LogP contribution is -2.40. The van der Waals surface area contributed by atoms with Gasteiger partial charge in [-0.15, -0.1) is 0 Å². The maximum atomic E-state index is 12.4. The Hall–Kier alpha value is -2.22. The summed E-state index contributed by atoms with van der Waals surface area (Å²) in [6.45, 7) is 2.49. The van der Waals surface area contributed by atoms with Crippen LogP contribution in [0.2, 0.25) is 0 Å². The van der Waals surface area contributed by atoms with Crippen molar-refractivity contribution in [3.05, 3.63) is 65.7 Å². The Morgan fingerprint density at radius 3 is 2.31 bits per heavy atom. The third-order valence-electron chi connectivity index (χ3n) is 4.26. The number of ether oxygens (including phenoxy) is 1. The van der Waals surface area contributed by atoms with Gasteiger partial charge >= 0.3 is 0 Å². The molecule has 138 valence electrons. The molecule has 1 aliphatic rings. The van der Waals surface area contributed by atoms with Crippen LogP contribution in [-0.4, -0.2) is 52.1 Å². The second-order valence-electron chi connectivity index (χ2n) is 6.06. The molecule has 1 amide bonds. The number of hydrogen-bond acceptors (Lipinski definition) is 4. The Bertz CT molecular complexity index is 830. The molecule has 2 aromatic carbocycles. The van der Waals surface area contributed by atoms with Crippen molar-refractivity contribution in [3.8, 4) is 0 Å². The topological polar surface area (TPSA) is 75.7 Å². The van der Waals surface area contributed by atoms with Gasteiger partial charge in [0.2, 0.25) is 10.0 Å². The van der Waals surface area contributed by atoms with Gasteiger partial charge in [0.1, 0.15) is 0 Å². The molecule has 1 aliphatic heterocycles. The van der Waals surface area contributed by atoms with Crippen LogP contribution in [0.25, 0.3) is 0 Å². The van der Waals surface area contributed by atoms with Gasteiger partial charge in [0.05, 0.1) is 18.1 Å². The molecule has 2 aromatic rings. The minimum atomic E-state index is -3.59. The van der Waals surface area contributed by atoms with Gasteiger partial charge < -0.3 is 9.64 Å². The lowest BCUT2D eigenvalue weighted by Gasteiger charge is -2.26. The van der Waals surface area contributed by atoms with Crippen LogP contribution >= 0.6 is 0 Å². The van der Waals surface area contributed by atoms with Crippen molar-refractivity contribution >= 4 is 15.9 Å². The molecule has 1 heterocycles. The molecule has 0 saturated carbocycles. The zero-order valence-corrected chi connectivity index (χ0v) is 15.2. The number of nitrogens with zero attached hydrogens (tertiary/aromatic N) is 1. The first-order valence-electron chi connectivity index (χ1n) is 8.57. The molecule has 26 heavy (non-hydrogen) atoms. The van der Waals surface area contributed by atoms with Gasteiger partial charge in [-0.2, -0.15) is 0 Å². The Kier molecular flexibility index (Phi) is 6.03. The van der Waals surface area contributed by atoms with Gasteiger partial charge in [-0.05, 0) is 36.2 Å². The highest BCUT2D eigenvalue weighted by Crippen LogP contribution is 2.13. The maximum Gasteiger partial charge on any atom is 0.254 e. The van der Waals surface area contributed by atoms with Crippen molar-refractivity contribution in [3.63, 3.8) is 0 Å². The first-order valence-corrected chi connectivity index (χ1v) is 10.1. The minimum absolute atomic E-state index is 0.103. The fourth-order valence-corrected chi connectivity index (χ4v) is 3.82.